The third kappa shape index (κ3) is 3.76. The molecule has 4 rings (SSSR count). The fraction of sp³-hybridized carbons (Fsp3) is 0.571. The number of benzene rings is 1. The molecule has 6 nitrogen and oxygen atoms in total. The van der Waals surface area contributed by atoms with Crippen LogP contribution in [0.5, 0.6) is 0 Å². The third-order valence-electron chi connectivity index (χ3n) is 6.72. The number of fused-ring (bicyclic) bond motifs is 2. The number of amides is 2. The molecule has 3 saturated heterocycles. The van der Waals surface area contributed by atoms with Crippen molar-refractivity contribution in [2.45, 2.75) is 62.4 Å². The topological polar surface area (TPSA) is 90.4 Å². The van der Waals surface area contributed by atoms with Gasteiger partial charge < -0.3 is 15.5 Å². The maximum Gasteiger partial charge on any atom is 0.257 e. The molecule has 3 aliphatic heterocycles. The molecule has 1 aromatic carbocycles. The van der Waals surface area contributed by atoms with Crippen molar-refractivity contribution >= 4 is 11.8 Å². The molecule has 5 unspecified atom stereocenters. The Morgan fingerprint density at radius 1 is 1.06 bits per heavy atom. The number of halogens is 4. The summed E-state index contributed by atoms with van der Waals surface area (Å²) in [5.74, 6) is -5.29. The molecular formula is C21H22F4N4O2. The molecule has 3 heterocycles. The van der Waals surface area contributed by atoms with Crippen LogP contribution in [0.25, 0.3) is 0 Å². The molecule has 1 aromatic rings. The molecule has 31 heavy (non-hydrogen) atoms. The van der Waals surface area contributed by atoms with Crippen LogP contribution < -0.4 is 5.73 Å². The maximum absolute atomic E-state index is 14.1. The molecule has 0 radical (unpaired) electrons. The van der Waals surface area contributed by atoms with E-state index in [-0.39, 0.29) is 31.0 Å². The Bertz CT molecular complexity index is 938. The first-order valence-electron chi connectivity index (χ1n) is 10.3. The highest BCUT2D eigenvalue weighted by Gasteiger charge is 2.48. The predicted molar refractivity (Wildman–Crippen MR) is 101 cm³/mol. The quantitative estimate of drug-likeness (QED) is 0.579. The predicted octanol–water partition coefficient (Wildman–Crippen LogP) is 2.28. The fourth-order valence-electron chi connectivity index (χ4n) is 5.21. The lowest BCUT2D eigenvalue weighted by Gasteiger charge is -2.41. The van der Waals surface area contributed by atoms with Crippen molar-refractivity contribution in [3.05, 3.63) is 35.1 Å². The minimum absolute atomic E-state index is 0.0348. The van der Waals surface area contributed by atoms with Gasteiger partial charge in [-0.3, -0.25) is 9.59 Å². The highest BCUT2D eigenvalue weighted by molar-refractivity contribution is 5.95. The van der Waals surface area contributed by atoms with Gasteiger partial charge in [-0.1, -0.05) is 0 Å². The zero-order chi connectivity index (χ0) is 22.4. The summed E-state index contributed by atoms with van der Waals surface area (Å²) in [6.45, 7) is -0.162. The SMILES string of the molecule is N#CC1CC(F)CN1C(=O)C(N)C1CC2CCC(C1)N2C(=O)c1cc(F)c(F)cc1F. The maximum atomic E-state index is 14.1. The van der Waals surface area contributed by atoms with Crippen LogP contribution in [0, 0.1) is 34.7 Å². The number of likely N-dealkylation sites (tertiary alicyclic amines) is 1. The van der Waals surface area contributed by atoms with Gasteiger partial charge in [0.15, 0.2) is 11.6 Å². The van der Waals surface area contributed by atoms with Gasteiger partial charge in [-0.15, -0.1) is 0 Å². The van der Waals surface area contributed by atoms with Gasteiger partial charge in [0.2, 0.25) is 5.91 Å². The van der Waals surface area contributed by atoms with Crippen LogP contribution in [0.1, 0.15) is 42.5 Å². The van der Waals surface area contributed by atoms with E-state index in [1.54, 1.807) is 0 Å². The molecule has 0 spiro atoms. The number of nitriles is 1. The lowest BCUT2D eigenvalue weighted by molar-refractivity contribution is -0.134. The average molecular weight is 438 g/mol. The summed E-state index contributed by atoms with van der Waals surface area (Å²) >= 11 is 0. The molecular weight excluding hydrogens is 416 g/mol. The van der Waals surface area contributed by atoms with Crippen molar-refractivity contribution < 1.29 is 27.2 Å². The summed E-state index contributed by atoms with van der Waals surface area (Å²) in [7, 11) is 0. The summed E-state index contributed by atoms with van der Waals surface area (Å²) in [5, 5.41) is 9.18. The van der Waals surface area contributed by atoms with Crippen molar-refractivity contribution in [3.8, 4) is 6.07 Å². The molecule has 0 aromatic heterocycles. The van der Waals surface area contributed by atoms with Gasteiger partial charge in [0.25, 0.3) is 5.91 Å². The number of rotatable bonds is 3. The Hall–Kier alpha value is -2.67. The number of carbonyl (C=O) groups excluding carboxylic acids is 2. The van der Waals surface area contributed by atoms with Crippen LogP contribution in [-0.4, -0.2) is 58.5 Å². The Morgan fingerprint density at radius 2 is 1.68 bits per heavy atom. The standard InChI is InChI=1S/C21H22F4N4O2/c22-11-5-14(8-26)28(9-11)21(31)19(27)10-3-12-1-2-13(4-10)29(12)20(30)15-6-17(24)18(25)7-16(15)23/h6-7,10-14,19H,1-5,9,27H2. The van der Waals surface area contributed by atoms with Gasteiger partial charge in [0.1, 0.15) is 18.0 Å². The molecule has 10 heteroatoms. The first kappa shape index (κ1) is 21.6. The van der Waals surface area contributed by atoms with Crippen molar-refractivity contribution in [3.63, 3.8) is 0 Å². The number of nitrogens with zero attached hydrogens (tertiary/aromatic N) is 3. The van der Waals surface area contributed by atoms with Crippen LogP contribution in [0.3, 0.4) is 0 Å². The van der Waals surface area contributed by atoms with Gasteiger partial charge in [0, 0.05) is 24.6 Å². The van der Waals surface area contributed by atoms with E-state index in [4.69, 9.17) is 5.73 Å². The third-order valence-corrected chi connectivity index (χ3v) is 6.72. The second-order valence-corrected chi connectivity index (χ2v) is 8.57. The minimum atomic E-state index is -1.37. The molecule has 2 amide bonds. The van der Waals surface area contributed by atoms with Crippen molar-refractivity contribution in [2.24, 2.45) is 11.7 Å². The first-order chi connectivity index (χ1) is 14.7. The van der Waals surface area contributed by atoms with E-state index in [9.17, 15) is 32.4 Å². The summed E-state index contributed by atoms with van der Waals surface area (Å²) in [4.78, 5) is 28.4. The molecule has 0 aliphatic carbocycles. The summed E-state index contributed by atoms with van der Waals surface area (Å²) in [5.41, 5.74) is 5.67. The number of nitrogens with two attached hydrogens (primary N) is 1. The van der Waals surface area contributed by atoms with Gasteiger partial charge >= 0.3 is 0 Å². The zero-order valence-electron chi connectivity index (χ0n) is 16.6. The highest BCUT2D eigenvalue weighted by atomic mass is 19.2. The smallest absolute Gasteiger partial charge is 0.257 e. The normalized spacial score (nSPS) is 30.9. The van der Waals surface area contributed by atoms with Crippen LogP contribution in [0.2, 0.25) is 0 Å². The lowest BCUT2D eigenvalue weighted by atomic mass is 9.84. The van der Waals surface area contributed by atoms with Crippen LogP contribution in [0.4, 0.5) is 17.6 Å². The van der Waals surface area contributed by atoms with E-state index in [1.807, 2.05) is 6.07 Å². The molecule has 166 valence electrons. The largest absolute Gasteiger partial charge is 0.333 e. The Kier molecular flexibility index (Phi) is 5.64. The molecule has 2 bridgehead atoms. The summed E-state index contributed by atoms with van der Waals surface area (Å²) in [6.07, 6.45) is 0.705. The van der Waals surface area contributed by atoms with Gasteiger partial charge in [-0.25, -0.2) is 17.6 Å². The summed E-state index contributed by atoms with van der Waals surface area (Å²) < 4.78 is 54.6. The lowest BCUT2D eigenvalue weighted by Crippen LogP contribution is -2.55. The van der Waals surface area contributed by atoms with Crippen molar-refractivity contribution in [1.82, 2.24) is 9.80 Å². The number of piperidine rings is 1. The van der Waals surface area contributed by atoms with Crippen molar-refractivity contribution in [1.29, 1.82) is 5.26 Å². The van der Waals surface area contributed by atoms with E-state index < -0.39 is 53.1 Å². The monoisotopic (exact) mass is 438 g/mol. The molecule has 5 atom stereocenters. The van der Waals surface area contributed by atoms with Gasteiger partial charge in [-0.2, -0.15) is 5.26 Å². The van der Waals surface area contributed by atoms with Crippen molar-refractivity contribution in [2.75, 3.05) is 6.54 Å². The number of carbonyl (C=O) groups is 2. The van der Waals surface area contributed by atoms with E-state index in [1.165, 1.54) is 9.80 Å². The highest BCUT2D eigenvalue weighted by Crippen LogP contribution is 2.41. The Labute approximate surface area is 176 Å². The molecule has 3 aliphatic rings. The minimum Gasteiger partial charge on any atom is -0.333 e. The fourth-order valence-corrected chi connectivity index (χ4v) is 5.21. The molecule has 3 fully saturated rings. The first-order valence-corrected chi connectivity index (χ1v) is 10.3. The van der Waals surface area contributed by atoms with Crippen LogP contribution >= 0.6 is 0 Å². The van der Waals surface area contributed by atoms with Gasteiger partial charge in [0.05, 0.1) is 24.2 Å². The van der Waals surface area contributed by atoms with E-state index in [0.29, 0.717) is 37.8 Å². The Balaban J connectivity index is 1.48. The Morgan fingerprint density at radius 3 is 2.29 bits per heavy atom. The van der Waals surface area contributed by atoms with E-state index in [2.05, 4.69) is 0 Å². The molecule has 2 N–H and O–H groups in total. The number of alkyl halides is 1. The van der Waals surface area contributed by atoms with Gasteiger partial charge in [-0.05, 0) is 37.7 Å². The second kappa shape index (κ2) is 8.11. The zero-order valence-corrected chi connectivity index (χ0v) is 16.6. The van der Waals surface area contributed by atoms with Crippen LogP contribution in [0.15, 0.2) is 12.1 Å². The molecule has 0 saturated carbocycles. The second-order valence-electron chi connectivity index (χ2n) is 8.57. The van der Waals surface area contributed by atoms with Crippen LogP contribution in [-0.2, 0) is 4.79 Å². The summed E-state index contributed by atoms with van der Waals surface area (Å²) in [6, 6.07) is 0.427. The number of hydrogen-bond acceptors (Lipinski definition) is 4. The number of hydrogen-bond donors (Lipinski definition) is 1. The van der Waals surface area contributed by atoms with E-state index >= 15 is 0 Å². The van der Waals surface area contributed by atoms with E-state index in [0.717, 1.165) is 0 Å². The average Bonchev–Trinajstić information content (AvgIpc) is 3.25.